The zero-order valence-corrected chi connectivity index (χ0v) is 46.8. The number of thiol groups is 1. The fraction of sp³-hybridized carbons (Fsp3) is 0.333. The van der Waals surface area contributed by atoms with Crippen LogP contribution in [-0.4, -0.2) is 78.5 Å². The Bertz CT molecular complexity index is 2210. The number of halogens is 3. The molecule has 0 amide bonds. The van der Waals surface area contributed by atoms with Gasteiger partial charge in [-0.1, -0.05) is 113 Å². The monoisotopic (exact) mass is 1130 g/mol. The Hall–Kier alpha value is -2.75. The molecule has 0 aromatic heterocycles. The molecule has 9 rings (SSSR count). The smallest absolute Gasteiger partial charge is 0.0508 e. The lowest BCUT2D eigenvalue weighted by Gasteiger charge is -2.31. The number of hydrogen-bond acceptors (Lipinski definition) is 9. The molecule has 6 aromatic rings. The van der Waals surface area contributed by atoms with E-state index in [-0.39, 0.29) is 17.0 Å². The highest BCUT2D eigenvalue weighted by molar-refractivity contribution is 9.13. The highest BCUT2D eigenvalue weighted by Gasteiger charge is 2.16. The lowest BCUT2D eigenvalue weighted by Crippen LogP contribution is -2.43. The van der Waals surface area contributed by atoms with Gasteiger partial charge in [0.1, 0.15) is 0 Å². The number of benzene rings is 6. The summed E-state index contributed by atoms with van der Waals surface area (Å²) in [5.74, 6) is 0. The van der Waals surface area contributed by atoms with Gasteiger partial charge in [0, 0.05) is 112 Å². The van der Waals surface area contributed by atoms with Crippen molar-refractivity contribution in [2.24, 2.45) is 0 Å². The maximum atomic E-state index is 4.25. The van der Waals surface area contributed by atoms with Gasteiger partial charge in [0.05, 0.1) is 11.4 Å². The Morgan fingerprint density at radius 2 is 0.742 bits per heavy atom. The predicted molar refractivity (Wildman–Crippen MR) is 304 cm³/mol. The summed E-state index contributed by atoms with van der Waals surface area (Å²) in [6.07, 6.45) is 0. The van der Waals surface area contributed by atoms with Crippen molar-refractivity contribution in [1.29, 1.82) is 0 Å². The fourth-order valence-corrected chi connectivity index (χ4v) is 10.1. The largest absolute Gasteiger partial charge is 0.368 e. The SMILES string of the molecule is Br.Brc1ccccc1Br.C1CNCCN1.Cc1ccc(S)c(C)c1.Cc1ccc(Sc2ccccc2N2CCNCC2)c(C)c1.Cc1ccc(Sc2ccccc2N2CCNCC2)c(C)c1. The van der Waals surface area contributed by atoms with Crippen molar-refractivity contribution in [2.45, 2.75) is 66.0 Å². The Balaban J connectivity index is 0.000000196. The molecule has 0 bridgehead atoms. The van der Waals surface area contributed by atoms with Crippen molar-refractivity contribution in [3.05, 3.63) is 170 Å². The minimum Gasteiger partial charge on any atom is -0.368 e. The third-order valence-electron chi connectivity index (χ3n) is 10.9. The summed E-state index contributed by atoms with van der Waals surface area (Å²) >= 11 is 14.7. The van der Waals surface area contributed by atoms with Crippen molar-refractivity contribution in [1.82, 2.24) is 21.3 Å². The number of anilines is 2. The second-order valence-electron chi connectivity index (χ2n) is 16.4. The van der Waals surface area contributed by atoms with E-state index in [1.807, 2.05) is 53.9 Å². The van der Waals surface area contributed by atoms with Gasteiger partial charge in [-0.2, -0.15) is 0 Å². The average Bonchev–Trinajstić information content (AvgIpc) is 3.33. The van der Waals surface area contributed by atoms with Gasteiger partial charge >= 0.3 is 0 Å². The first-order valence-corrected chi connectivity index (χ1v) is 26.3. The maximum absolute atomic E-state index is 4.25. The third-order valence-corrected chi connectivity index (χ3v) is 15.8. The van der Waals surface area contributed by atoms with Gasteiger partial charge < -0.3 is 31.1 Å². The van der Waals surface area contributed by atoms with E-state index in [1.54, 1.807) is 0 Å². The van der Waals surface area contributed by atoms with Gasteiger partial charge in [-0.25, -0.2) is 0 Å². The van der Waals surface area contributed by atoms with Crippen LogP contribution in [0.2, 0.25) is 0 Å². The Kier molecular flexibility index (Phi) is 26.0. The molecule has 0 atom stereocenters. The van der Waals surface area contributed by atoms with Crippen LogP contribution in [0.25, 0.3) is 0 Å². The Morgan fingerprint density at radius 1 is 0.409 bits per heavy atom. The number of nitrogens with zero attached hydrogens (tertiary/aromatic N) is 2. The van der Waals surface area contributed by atoms with Crippen molar-refractivity contribution in [2.75, 3.05) is 88.3 Å². The number of aryl methyl sites for hydroxylation is 6. The molecule has 12 heteroatoms. The quantitative estimate of drug-likeness (QED) is 0.106. The molecule has 354 valence electrons. The first-order chi connectivity index (χ1) is 31.5. The molecule has 0 saturated carbocycles. The molecule has 0 radical (unpaired) electrons. The van der Waals surface area contributed by atoms with Crippen molar-refractivity contribution < 1.29 is 0 Å². The minimum atomic E-state index is 0. The van der Waals surface area contributed by atoms with Crippen molar-refractivity contribution in [3.63, 3.8) is 0 Å². The second-order valence-corrected chi connectivity index (χ2v) is 20.7. The summed E-state index contributed by atoms with van der Waals surface area (Å²) in [5, 5.41) is 13.3. The topological polar surface area (TPSA) is 54.6 Å². The molecule has 6 aromatic carbocycles. The van der Waals surface area contributed by atoms with Crippen molar-refractivity contribution in [3.8, 4) is 0 Å². The number of rotatable bonds is 6. The molecule has 3 saturated heterocycles. The number of nitrogens with one attached hydrogen (secondary N) is 4. The summed E-state index contributed by atoms with van der Waals surface area (Å²) in [6, 6.07) is 45.1. The van der Waals surface area contributed by atoms with Crippen LogP contribution in [0.4, 0.5) is 11.4 Å². The molecule has 4 N–H and O–H groups in total. The van der Waals surface area contributed by atoms with E-state index in [0.717, 1.165) is 92.4 Å². The van der Waals surface area contributed by atoms with Crippen LogP contribution < -0.4 is 31.1 Å². The van der Waals surface area contributed by atoms with Crippen LogP contribution in [-0.2, 0) is 0 Å². The van der Waals surface area contributed by atoms with Gasteiger partial charge in [0.2, 0.25) is 0 Å². The standard InChI is InChI=1S/2C18H22N2S.C8H10S.C6H4Br2.C4H10N2.BrH/c2*1-14-7-8-17(15(2)13-14)21-18-6-4-3-5-16(18)20-11-9-19-10-12-20;1-6-3-4-8(9)7(2)5-6;7-5-3-1-2-4-6(5)8;1-2-6-4-3-5-1;/h2*3-8,13,19H,9-12H2,1-2H3;3-5,9H,1-2H3;1-4H;5-6H,1-4H2;1H. The van der Waals surface area contributed by atoms with Gasteiger partial charge in [-0.3, -0.25) is 0 Å². The average molecular weight is 1140 g/mol. The lowest BCUT2D eigenvalue weighted by molar-refractivity contribution is 0.534. The van der Waals surface area contributed by atoms with Gasteiger partial charge in [-0.05, 0) is 145 Å². The number of hydrogen-bond donors (Lipinski definition) is 5. The molecule has 66 heavy (non-hydrogen) atoms. The summed E-state index contributed by atoms with van der Waals surface area (Å²) in [4.78, 5) is 11.5. The van der Waals surface area contributed by atoms with E-state index in [1.165, 1.54) is 64.3 Å². The predicted octanol–water partition coefficient (Wildman–Crippen LogP) is 13.3. The third kappa shape index (κ3) is 19.3. The zero-order valence-electron chi connectivity index (χ0n) is 39.4. The van der Waals surface area contributed by atoms with Crippen LogP contribution in [0.3, 0.4) is 0 Å². The molecule has 0 unspecified atom stereocenters. The number of para-hydroxylation sites is 2. The Morgan fingerprint density at radius 3 is 1.08 bits per heavy atom. The molecular formula is C54H69Br3N6S3. The van der Waals surface area contributed by atoms with Gasteiger partial charge in [0.15, 0.2) is 0 Å². The van der Waals surface area contributed by atoms with Crippen LogP contribution in [0, 0.1) is 41.5 Å². The van der Waals surface area contributed by atoms with Crippen LogP contribution in [0.5, 0.6) is 0 Å². The summed E-state index contributed by atoms with van der Waals surface area (Å²) in [6.45, 7) is 26.0. The van der Waals surface area contributed by atoms with Crippen LogP contribution >= 0.6 is 85.0 Å². The number of piperazine rings is 3. The zero-order chi connectivity index (χ0) is 46.4. The molecule has 6 nitrogen and oxygen atoms in total. The lowest BCUT2D eigenvalue weighted by atomic mass is 10.2. The second kappa shape index (κ2) is 30.7. The van der Waals surface area contributed by atoms with Gasteiger partial charge in [0.25, 0.3) is 0 Å². The van der Waals surface area contributed by atoms with E-state index < -0.39 is 0 Å². The molecule has 0 spiro atoms. The summed E-state index contributed by atoms with van der Waals surface area (Å²) in [7, 11) is 0. The molecule has 3 aliphatic rings. The molecule has 0 aliphatic carbocycles. The summed E-state index contributed by atoms with van der Waals surface area (Å²) in [5.41, 5.74) is 10.6. The van der Waals surface area contributed by atoms with E-state index in [0.29, 0.717) is 0 Å². The van der Waals surface area contributed by atoms with E-state index in [4.69, 9.17) is 0 Å². The van der Waals surface area contributed by atoms with Crippen LogP contribution in [0.15, 0.2) is 161 Å². The molecule has 3 aliphatic heterocycles. The Labute approximate surface area is 438 Å². The first-order valence-electron chi connectivity index (χ1n) is 22.7. The highest BCUT2D eigenvalue weighted by atomic mass is 79.9. The fourth-order valence-electron chi connectivity index (χ4n) is 7.33. The van der Waals surface area contributed by atoms with Crippen LogP contribution in [0.1, 0.15) is 33.4 Å². The minimum absolute atomic E-state index is 0. The molecular weight excluding hydrogens is 1070 g/mol. The normalized spacial score (nSPS) is 14.3. The summed E-state index contributed by atoms with van der Waals surface area (Å²) < 4.78 is 2.19. The molecule has 3 heterocycles. The molecule has 3 fully saturated rings. The van der Waals surface area contributed by atoms with E-state index in [9.17, 15) is 0 Å². The van der Waals surface area contributed by atoms with Gasteiger partial charge in [-0.15, -0.1) is 29.6 Å². The van der Waals surface area contributed by atoms with Crippen molar-refractivity contribution >= 4 is 96.4 Å². The van der Waals surface area contributed by atoms with E-state index in [2.05, 4.69) is 214 Å². The maximum Gasteiger partial charge on any atom is 0.0508 e. The highest BCUT2D eigenvalue weighted by Crippen LogP contribution is 2.38. The van der Waals surface area contributed by atoms with E-state index >= 15 is 0 Å². The first kappa shape index (κ1) is 55.8.